The molecular weight excluding hydrogens is 356 g/mol. The minimum Gasteiger partial charge on any atom is -0.463 e. The molecule has 1 amide bonds. The lowest BCUT2D eigenvalue weighted by Crippen LogP contribution is -2.31. The van der Waals surface area contributed by atoms with Crippen molar-refractivity contribution in [1.29, 1.82) is 0 Å². The van der Waals surface area contributed by atoms with Gasteiger partial charge in [0.1, 0.15) is 0 Å². The number of sulfonamides is 1. The van der Waals surface area contributed by atoms with Gasteiger partial charge in [-0.2, -0.15) is 4.31 Å². The first-order chi connectivity index (χ1) is 12.4. The molecule has 1 aromatic rings. The quantitative estimate of drug-likeness (QED) is 0.604. The van der Waals surface area contributed by atoms with E-state index in [1.807, 2.05) is 0 Å². The van der Waals surface area contributed by atoms with Crippen molar-refractivity contribution in [2.45, 2.75) is 37.5 Å². The van der Waals surface area contributed by atoms with E-state index < -0.39 is 21.9 Å². The summed E-state index contributed by atoms with van der Waals surface area (Å²) in [6, 6.07) is 6.01. The monoisotopic (exact) mass is 380 g/mol. The van der Waals surface area contributed by atoms with Gasteiger partial charge in [0.15, 0.2) is 0 Å². The summed E-state index contributed by atoms with van der Waals surface area (Å²) in [4.78, 5) is 23.1. The molecule has 0 radical (unpaired) electrons. The fraction of sp³-hybridized carbons (Fsp3) is 0.444. The fourth-order valence-electron chi connectivity index (χ4n) is 2.66. The van der Waals surface area contributed by atoms with Crippen molar-refractivity contribution in [2.75, 3.05) is 25.0 Å². The second-order valence-corrected chi connectivity index (χ2v) is 7.86. The van der Waals surface area contributed by atoms with Crippen molar-refractivity contribution in [2.24, 2.45) is 0 Å². The molecule has 0 unspecified atom stereocenters. The molecule has 0 bridgehead atoms. The molecule has 0 atom stereocenters. The van der Waals surface area contributed by atoms with Gasteiger partial charge in [-0.3, -0.25) is 4.79 Å². The van der Waals surface area contributed by atoms with Crippen LogP contribution in [0.15, 0.2) is 41.3 Å². The van der Waals surface area contributed by atoms with E-state index in [1.165, 1.54) is 28.6 Å². The van der Waals surface area contributed by atoms with Gasteiger partial charge in [0.05, 0.1) is 11.5 Å². The Labute approximate surface area is 154 Å². The number of benzene rings is 1. The first-order valence-corrected chi connectivity index (χ1v) is 10.1. The molecule has 8 heteroatoms. The van der Waals surface area contributed by atoms with E-state index in [0.717, 1.165) is 37.8 Å². The molecule has 1 aromatic carbocycles. The van der Waals surface area contributed by atoms with Crippen LogP contribution >= 0.6 is 0 Å². The summed E-state index contributed by atoms with van der Waals surface area (Å²) in [7, 11) is -3.51. The van der Waals surface area contributed by atoms with Crippen LogP contribution in [0.1, 0.15) is 32.6 Å². The van der Waals surface area contributed by atoms with E-state index >= 15 is 0 Å². The predicted octanol–water partition coefficient (Wildman–Crippen LogP) is 2.31. The van der Waals surface area contributed by atoms with Crippen LogP contribution in [0.2, 0.25) is 0 Å². The molecular formula is C18H24N2O5S. The summed E-state index contributed by atoms with van der Waals surface area (Å²) >= 11 is 0. The third-order valence-electron chi connectivity index (χ3n) is 3.98. The Kier molecular flexibility index (Phi) is 7.35. The highest BCUT2D eigenvalue weighted by Crippen LogP contribution is 2.21. The second kappa shape index (κ2) is 9.49. The number of carbonyl (C=O) groups is 2. The van der Waals surface area contributed by atoms with Gasteiger partial charge in [-0.1, -0.05) is 12.8 Å². The zero-order valence-electron chi connectivity index (χ0n) is 14.8. The van der Waals surface area contributed by atoms with E-state index in [-0.39, 0.29) is 11.5 Å². The van der Waals surface area contributed by atoms with Gasteiger partial charge in [-0.05, 0) is 44.0 Å². The highest BCUT2D eigenvalue weighted by molar-refractivity contribution is 7.89. The van der Waals surface area contributed by atoms with Gasteiger partial charge in [-0.15, -0.1) is 0 Å². The normalized spacial score (nSPS) is 16.2. The summed E-state index contributed by atoms with van der Waals surface area (Å²) in [6.07, 6.45) is 5.96. The molecule has 7 nitrogen and oxygen atoms in total. The molecule has 0 aromatic heterocycles. The number of nitrogens with one attached hydrogen (secondary N) is 1. The Morgan fingerprint density at radius 1 is 1.08 bits per heavy atom. The van der Waals surface area contributed by atoms with Gasteiger partial charge in [0.25, 0.3) is 0 Å². The smallest absolute Gasteiger partial charge is 0.330 e. The third-order valence-corrected chi connectivity index (χ3v) is 5.89. The number of anilines is 1. The molecule has 0 saturated carbocycles. The van der Waals surface area contributed by atoms with Crippen LogP contribution in [0.4, 0.5) is 5.69 Å². The Morgan fingerprint density at radius 3 is 2.27 bits per heavy atom. The van der Waals surface area contributed by atoms with Crippen molar-refractivity contribution in [3.05, 3.63) is 36.4 Å². The maximum Gasteiger partial charge on any atom is 0.330 e. The van der Waals surface area contributed by atoms with Crippen LogP contribution in [-0.4, -0.2) is 44.3 Å². The van der Waals surface area contributed by atoms with E-state index in [2.05, 4.69) is 10.1 Å². The molecule has 142 valence electrons. The lowest BCUT2D eigenvalue weighted by molar-refractivity contribution is -0.137. The van der Waals surface area contributed by atoms with Crippen LogP contribution in [0.25, 0.3) is 0 Å². The summed E-state index contributed by atoms with van der Waals surface area (Å²) in [5.41, 5.74) is 0.443. The van der Waals surface area contributed by atoms with Crippen molar-refractivity contribution < 1.29 is 22.7 Å². The number of ether oxygens (including phenoxy) is 1. The molecule has 1 aliphatic heterocycles. The van der Waals surface area contributed by atoms with Crippen molar-refractivity contribution >= 4 is 27.6 Å². The number of hydrogen-bond donors (Lipinski definition) is 1. The highest BCUT2D eigenvalue weighted by Gasteiger charge is 2.24. The first-order valence-electron chi connectivity index (χ1n) is 8.69. The Balaban J connectivity index is 2.01. The van der Waals surface area contributed by atoms with E-state index in [4.69, 9.17) is 0 Å². The summed E-state index contributed by atoms with van der Waals surface area (Å²) in [5.74, 6) is -1.09. The number of amides is 1. The summed E-state index contributed by atoms with van der Waals surface area (Å²) in [6.45, 7) is 2.99. The van der Waals surface area contributed by atoms with Crippen LogP contribution in [0.3, 0.4) is 0 Å². The van der Waals surface area contributed by atoms with Crippen LogP contribution in [0, 0.1) is 0 Å². The van der Waals surface area contributed by atoms with Crippen molar-refractivity contribution in [3.8, 4) is 0 Å². The van der Waals surface area contributed by atoms with Crippen molar-refractivity contribution in [1.82, 2.24) is 4.31 Å². The molecule has 26 heavy (non-hydrogen) atoms. The molecule has 0 aliphatic carbocycles. The second-order valence-electron chi connectivity index (χ2n) is 5.92. The zero-order chi connectivity index (χ0) is 19.0. The summed E-state index contributed by atoms with van der Waals surface area (Å²) in [5, 5.41) is 2.57. The number of hydrogen-bond acceptors (Lipinski definition) is 5. The van der Waals surface area contributed by atoms with Crippen LogP contribution < -0.4 is 5.32 Å². The summed E-state index contributed by atoms with van der Waals surface area (Å²) < 4.78 is 31.6. The largest absolute Gasteiger partial charge is 0.463 e. The van der Waals surface area contributed by atoms with Crippen LogP contribution in [0.5, 0.6) is 0 Å². The average molecular weight is 380 g/mol. The molecule has 1 N–H and O–H groups in total. The molecule has 1 aliphatic rings. The topological polar surface area (TPSA) is 92.8 Å². The molecule has 1 saturated heterocycles. The fourth-order valence-corrected chi connectivity index (χ4v) is 4.18. The highest BCUT2D eigenvalue weighted by atomic mass is 32.2. The molecule has 0 spiro atoms. The van der Waals surface area contributed by atoms with Crippen molar-refractivity contribution in [3.63, 3.8) is 0 Å². The average Bonchev–Trinajstić information content (AvgIpc) is 2.91. The minimum atomic E-state index is -3.51. The maximum atomic E-state index is 12.7. The molecule has 1 fully saturated rings. The lowest BCUT2D eigenvalue weighted by atomic mass is 10.2. The van der Waals surface area contributed by atoms with Gasteiger partial charge in [0.2, 0.25) is 15.9 Å². The van der Waals surface area contributed by atoms with Gasteiger partial charge >= 0.3 is 5.97 Å². The van der Waals surface area contributed by atoms with Gasteiger partial charge in [0, 0.05) is 30.9 Å². The molecule has 2 rings (SSSR count). The number of rotatable bonds is 6. The predicted molar refractivity (Wildman–Crippen MR) is 98.1 cm³/mol. The van der Waals surface area contributed by atoms with Gasteiger partial charge < -0.3 is 10.1 Å². The lowest BCUT2D eigenvalue weighted by Gasteiger charge is -2.20. The minimum absolute atomic E-state index is 0.208. The van der Waals surface area contributed by atoms with Crippen LogP contribution in [-0.2, 0) is 24.3 Å². The maximum absolute atomic E-state index is 12.7. The third kappa shape index (κ3) is 5.67. The van der Waals surface area contributed by atoms with E-state index in [1.54, 1.807) is 6.92 Å². The Hall–Kier alpha value is -2.19. The number of nitrogens with zero attached hydrogens (tertiary/aromatic N) is 1. The first kappa shape index (κ1) is 20.1. The van der Waals surface area contributed by atoms with E-state index in [9.17, 15) is 18.0 Å². The molecule has 1 heterocycles. The standard InChI is InChI=1S/C18H24N2O5S/c1-2-25-18(22)12-11-17(21)19-15-7-9-16(10-8-15)26(23,24)20-13-5-3-4-6-14-20/h7-12H,2-6,13-14H2,1H3,(H,19,21). The SMILES string of the molecule is CCOC(=O)C=CC(=O)Nc1ccc(S(=O)(=O)N2CCCCCC2)cc1. The van der Waals surface area contributed by atoms with Gasteiger partial charge in [-0.25, -0.2) is 13.2 Å². The number of esters is 1. The Morgan fingerprint density at radius 2 is 1.69 bits per heavy atom. The number of carbonyl (C=O) groups excluding carboxylic acids is 2. The Bertz CT molecular complexity index is 748. The van der Waals surface area contributed by atoms with E-state index in [0.29, 0.717) is 18.8 Å². The zero-order valence-corrected chi connectivity index (χ0v) is 15.6.